The highest BCUT2D eigenvalue weighted by molar-refractivity contribution is 7.99. The molecule has 4 aromatic rings. The third-order valence-corrected chi connectivity index (χ3v) is 6.87. The monoisotopic (exact) mass is 486 g/mol. The van der Waals surface area contributed by atoms with Crippen LogP contribution in [0.1, 0.15) is 5.56 Å². The molecular formula is C24H22N8O2S. The van der Waals surface area contributed by atoms with E-state index in [0.717, 1.165) is 0 Å². The number of thioether (sulfide) groups is 1. The van der Waals surface area contributed by atoms with E-state index >= 15 is 0 Å². The quantitative estimate of drug-likeness (QED) is 0.300. The van der Waals surface area contributed by atoms with Gasteiger partial charge >= 0.3 is 0 Å². The molecule has 3 aromatic heterocycles. The summed E-state index contributed by atoms with van der Waals surface area (Å²) in [7, 11) is 0. The number of pyridine rings is 1. The molecule has 11 heteroatoms. The predicted octanol–water partition coefficient (Wildman–Crippen LogP) is 1.94. The Kier molecular flexibility index (Phi) is 6.20. The number of carbonyl (C=O) groups excluding carboxylic acids is 1. The van der Waals surface area contributed by atoms with Crippen LogP contribution in [0.15, 0.2) is 65.2 Å². The van der Waals surface area contributed by atoms with Crippen LogP contribution in [0, 0.1) is 11.3 Å². The van der Waals surface area contributed by atoms with Crippen LogP contribution in [0.25, 0.3) is 16.7 Å². The number of nitrogens with zero attached hydrogens (tertiary/aromatic N) is 8. The van der Waals surface area contributed by atoms with E-state index in [0.29, 0.717) is 65.9 Å². The van der Waals surface area contributed by atoms with Gasteiger partial charge in [0.25, 0.3) is 5.56 Å². The number of hydrogen-bond donors (Lipinski definition) is 0. The second-order valence-electron chi connectivity index (χ2n) is 7.98. The van der Waals surface area contributed by atoms with Gasteiger partial charge in [0.1, 0.15) is 11.9 Å². The van der Waals surface area contributed by atoms with Crippen LogP contribution in [0.4, 0.5) is 5.82 Å². The lowest BCUT2D eigenvalue weighted by molar-refractivity contribution is -0.128. The van der Waals surface area contributed by atoms with E-state index in [9.17, 15) is 14.9 Å². The number of carbonyl (C=O) groups is 1. The van der Waals surface area contributed by atoms with Gasteiger partial charge in [-0.2, -0.15) is 5.26 Å². The van der Waals surface area contributed by atoms with Gasteiger partial charge in [-0.1, -0.05) is 30.0 Å². The third kappa shape index (κ3) is 4.13. The SMILES string of the molecule is C=CCn1c(=O)c2ccccc2n2c(SCC(=O)N3CCN(c4ncccc4C#N)CC3)nnc12. The van der Waals surface area contributed by atoms with Gasteiger partial charge in [-0.05, 0) is 24.3 Å². The Morgan fingerprint density at radius 3 is 2.71 bits per heavy atom. The van der Waals surface area contributed by atoms with Crippen LogP contribution in [-0.2, 0) is 11.3 Å². The molecule has 0 saturated carbocycles. The molecule has 4 heterocycles. The highest BCUT2D eigenvalue weighted by Gasteiger charge is 2.24. The molecule has 0 atom stereocenters. The fourth-order valence-electron chi connectivity index (χ4n) is 4.24. The van der Waals surface area contributed by atoms with Crippen LogP contribution in [-0.4, -0.2) is 66.9 Å². The van der Waals surface area contributed by atoms with Gasteiger partial charge in [0.15, 0.2) is 5.16 Å². The standard InChI is InChI=1S/C24H22N8O2S/c1-2-10-31-22(34)18-7-3-4-8-19(18)32-23(31)27-28-24(32)35-16-20(33)29-11-13-30(14-12-29)21-17(15-25)6-5-9-26-21/h2-9H,1,10-14,16H2. The molecule has 0 radical (unpaired) electrons. The first-order valence-electron chi connectivity index (χ1n) is 11.1. The molecule has 35 heavy (non-hydrogen) atoms. The van der Waals surface area contributed by atoms with Crippen molar-refractivity contribution in [3.05, 3.63) is 71.2 Å². The summed E-state index contributed by atoms with van der Waals surface area (Å²) in [5, 5.41) is 19.0. The molecule has 5 rings (SSSR count). The summed E-state index contributed by atoms with van der Waals surface area (Å²) < 4.78 is 3.35. The van der Waals surface area contributed by atoms with Gasteiger partial charge in [-0.25, -0.2) is 4.98 Å². The second kappa shape index (κ2) is 9.60. The van der Waals surface area contributed by atoms with Crippen LogP contribution in [0.3, 0.4) is 0 Å². The number of nitriles is 1. The fraction of sp³-hybridized carbons (Fsp3) is 0.250. The molecule has 0 aliphatic carbocycles. The average Bonchev–Trinajstić information content (AvgIpc) is 3.33. The van der Waals surface area contributed by atoms with Gasteiger partial charge in [0.2, 0.25) is 11.7 Å². The first-order chi connectivity index (χ1) is 17.1. The number of benzene rings is 1. The van der Waals surface area contributed by atoms with Crippen molar-refractivity contribution < 1.29 is 4.79 Å². The van der Waals surface area contributed by atoms with Crippen molar-refractivity contribution in [3.8, 4) is 6.07 Å². The summed E-state index contributed by atoms with van der Waals surface area (Å²) in [5.41, 5.74) is 1.08. The van der Waals surface area contributed by atoms with Crippen LogP contribution in [0.5, 0.6) is 0 Å². The lowest BCUT2D eigenvalue weighted by Crippen LogP contribution is -2.49. The minimum absolute atomic E-state index is 0.00311. The van der Waals surface area contributed by atoms with Crippen molar-refractivity contribution in [2.45, 2.75) is 11.7 Å². The van der Waals surface area contributed by atoms with E-state index in [1.165, 1.54) is 16.3 Å². The number of amides is 1. The number of fused-ring (bicyclic) bond motifs is 3. The molecule has 10 nitrogen and oxygen atoms in total. The Morgan fingerprint density at radius 2 is 1.94 bits per heavy atom. The van der Waals surface area contributed by atoms with E-state index in [1.54, 1.807) is 30.5 Å². The van der Waals surface area contributed by atoms with Gasteiger partial charge < -0.3 is 9.80 Å². The van der Waals surface area contributed by atoms with E-state index in [4.69, 9.17) is 0 Å². The third-order valence-electron chi connectivity index (χ3n) is 5.95. The van der Waals surface area contributed by atoms with Gasteiger partial charge in [0, 0.05) is 38.9 Å². The topological polar surface area (TPSA) is 112 Å². The van der Waals surface area contributed by atoms with Crippen molar-refractivity contribution in [2.24, 2.45) is 0 Å². The Balaban J connectivity index is 1.32. The van der Waals surface area contributed by atoms with Crippen molar-refractivity contribution >= 4 is 40.2 Å². The Bertz CT molecular complexity index is 1530. The number of aromatic nitrogens is 5. The molecule has 0 bridgehead atoms. The van der Waals surface area contributed by atoms with Crippen molar-refractivity contribution in [3.63, 3.8) is 0 Å². The molecule has 1 amide bonds. The minimum Gasteiger partial charge on any atom is -0.352 e. The molecule has 0 spiro atoms. The molecule has 1 fully saturated rings. The van der Waals surface area contributed by atoms with Crippen molar-refractivity contribution in [2.75, 3.05) is 36.8 Å². The number of hydrogen-bond acceptors (Lipinski definition) is 8. The zero-order valence-corrected chi connectivity index (χ0v) is 19.7. The number of anilines is 1. The van der Waals surface area contributed by atoms with Gasteiger partial charge in [-0.3, -0.25) is 18.6 Å². The van der Waals surface area contributed by atoms with E-state index in [1.807, 2.05) is 32.4 Å². The molecule has 1 saturated heterocycles. The summed E-state index contributed by atoms with van der Waals surface area (Å²) in [6.45, 7) is 6.35. The molecule has 0 N–H and O–H groups in total. The highest BCUT2D eigenvalue weighted by Crippen LogP contribution is 2.23. The molecule has 176 valence electrons. The molecular weight excluding hydrogens is 464 g/mol. The average molecular weight is 487 g/mol. The summed E-state index contributed by atoms with van der Waals surface area (Å²) in [4.78, 5) is 34.1. The minimum atomic E-state index is -0.154. The molecule has 1 aromatic carbocycles. The maximum Gasteiger partial charge on any atom is 0.263 e. The van der Waals surface area contributed by atoms with Crippen molar-refractivity contribution in [1.82, 2.24) is 29.0 Å². The predicted molar refractivity (Wildman–Crippen MR) is 133 cm³/mol. The van der Waals surface area contributed by atoms with Crippen LogP contribution in [0.2, 0.25) is 0 Å². The summed E-state index contributed by atoms with van der Waals surface area (Å²) in [6.07, 6.45) is 3.32. The Morgan fingerprint density at radius 1 is 1.14 bits per heavy atom. The van der Waals surface area contributed by atoms with E-state index < -0.39 is 0 Å². The van der Waals surface area contributed by atoms with Crippen molar-refractivity contribution in [1.29, 1.82) is 5.26 Å². The fourth-order valence-corrected chi connectivity index (χ4v) is 5.08. The van der Waals surface area contributed by atoms with E-state index in [-0.39, 0.29) is 17.2 Å². The number of piperazine rings is 1. The van der Waals surface area contributed by atoms with Crippen LogP contribution >= 0.6 is 11.8 Å². The zero-order valence-electron chi connectivity index (χ0n) is 18.9. The second-order valence-corrected chi connectivity index (χ2v) is 8.92. The molecule has 0 unspecified atom stereocenters. The summed E-state index contributed by atoms with van der Waals surface area (Å²) in [6, 6.07) is 13.0. The smallest absolute Gasteiger partial charge is 0.263 e. The maximum absolute atomic E-state index is 13.0. The Labute approximate surface area is 205 Å². The first kappa shape index (κ1) is 22.6. The number of allylic oxidation sites excluding steroid dienone is 1. The maximum atomic E-state index is 13.0. The number of para-hydroxylation sites is 1. The molecule has 1 aliphatic rings. The van der Waals surface area contributed by atoms with Gasteiger partial charge in [-0.15, -0.1) is 16.8 Å². The lowest BCUT2D eigenvalue weighted by Gasteiger charge is -2.35. The Hall–Kier alpha value is -4.17. The van der Waals surface area contributed by atoms with Gasteiger partial charge in [0.05, 0.1) is 22.2 Å². The number of rotatable bonds is 6. The largest absolute Gasteiger partial charge is 0.352 e. The van der Waals surface area contributed by atoms with E-state index in [2.05, 4.69) is 27.8 Å². The first-order valence-corrected chi connectivity index (χ1v) is 12.1. The molecule has 1 aliphatic heterocycles. The zero-order chi connectivity index (χ0) is 24.4. The lowest BCUT2D eigenvalue weighted by atomic mass is 10.2. The normalized spacial score (nSPS) is 13.8. The summed E-state index contributed by atoms with van der Waals surface area (Å²) >= 11 is 1.30. The highest BCUT2D eigenvalue weighted by atomic mass is 32.2. The van der Waals surface area contributed by atoms with Crippen LogP contribution < -0.4 is 10.5 Å². The summed E-state index contributed by atoms with van der Waals surface area (Å²) in [5.74, 6) is 1.27.